The second kappa shape index (κ2) is 5.88. The normalized spacial score (nSPS) is 13.2. The van der Waals surface area contributed by atoms with Gasteiger partial charge in [-0.05, 0) is 24.3 Å². The molecule has 122 valence electrons. The summed E-state index contributed by atoms with van der Waals surface area (Å²) in [5.74, 6) is -1.54. The molecule has 1 aliphatic heterocycles. The van der Waals surface area contributed by atoms with Gasteiger partial charge in [-0.1, -0.05) is 18.2 Å². The fraction of sp³-hybridized carbons (Fsp3) is 0.167. The van der Waals surface area contributed by atoms with E-state index in [1.165, 1.54) is 36.2 Å². The summed E-state index contributed by atoms with van der Waals surface area (Å²) in [5.41, 5.74) is 1.19. The lowest BCUT2D eigenvalue weighted by Gasteiger charge is -2.18. The molecular formula is C18H15FN2O3. The van der Waals surface area contributed by atoms with Crippen LogP contribution in [0.2, 0.25) is 0 Å². The van der Waals surface area contributed by atoms with Crippen LogP contribution in [0.1, 0.15) is 36.6 Å². The molecule has 0 saturated carbocycles. The van der Waals surface area contributed by atoms with E-state index in [1.807, 2.05) is 0 Å². The minimum absolute atomic E-state index is 0.107. The molecule has 0 bridgehead atoms. The SMILES string of the molecule is CN(Cc1ccccc1F)C(=O)c1ccc2c(c1)C(=O)N(C)C2=O. The quantitative estimate of drug-likeness (QED) is 0.814. The van der Waals surface area contributed by atoms with Gasteiger partial charge in [-0.2, -0.15) is 0 Å². The van der Waals surface area contributed by atoms with Crippen molar-refractivity contribution in [2.45, 2.75) is 6.54 Å². The van der Waals surface area contributed by atoms with E-state index in [-0.39, 0.29) is 40.9 Å². The van der Waals surface area contributed by atoms with Crippen LogP contribution in [-0.4, -0.2) is 41.6 Å². The van der Waals surface area contributed by atoms with Gasteiger partial charge < -0.3 is 4.90 Å². The van der Waals surface area contributed by atoms with Crippen LogP contribution in [0.25, 0.3) is 0 Å². The Kier molecular flexibility index (Phi) is 3.89. The summed E-state index contributed by atoms with van der Waals surface area (Å²) in [6.07, 6.45) is 0. The van der Waals surface area contributed by atoms with Gasteiger partial charge in [0.1, 0.15) is 5.82 Å². The molecule has 0 radical (unpaired) electrons. The average Bonchev–Trinajstić information content (AvgIpc) is 2.80. The third-order valence-electron chi connectivity index (χ3n) is 4.05. The van der Waals surface area contributed by atoms with E-state index in [0.29, 0.717) is 5.56 Å². The first-order valence-electron chi connectivity index (χ1n) is 7.35. The molecule has 2 aromatic carbocycles. The first kappa shape index (κ1) is 15.9. The van der Waals surface area contributed by atoms with Crippen molar-refractivity contribution in [3.63, 3.8) is 0 Å². The summed E-state index contributed by atoms with van der Waals surface area (Å²) >= 11 is 0. The number of nitrogens with zero attached hydrogens (tertiary/aromatic N) is 2. The highest BCUT2D eigenvalue weighted by molar-refractivity contribution is 6.21. The molecule has 2 aromatic rings. The Balaban J connectivity index is 1.85. The number of amides is 3. The predicted molar refractivity (Wildman–Crippen MR) is 85.1 cm³/mol. The Bertz CT molecular complexity index is 863. The molecule has 0 aliphatic carbocycles. The van der Waals surface area contributed by atoms with E-state index in [9.17, 15) is 18.8 Å². The first-order valence-corrected chi connectivity index (χ1v) is 7.35. The second-order valence-electron chi connectivity index (χ2n) is 5.68. The molecule has 0 unspecified atom stereocenters. The van der Waals surface area contributed by atoms with Gasteiger partial charge in [-0.25, -0.2) is 4.39 Å². The summed E-state index contributed by atoms with van der Waals surface area (Å²) in [6.45, 7) is 0.107. The number of hydrogen-bond donors (Lipinski definition) is 0. The highest BCUT2D eigenvalue weighted by Crippen LogP contribution is 2.23. The fourth-order valence-corrected chi connectivity index (χ4v) is 2.67. The Morgan fingerprint density at radius 3 is 2.46 bits per heavy atom. The van der Waals surface area contributed by atoms with E-state index < -0.39 is 5.91 Å². The van der Waals surface area contributed by atoms with Crippen molar-refractivity contribution >= 4 is 17.7 Å². The number of benzene rings is 2. The third kappa shape index (κ3) is 2.56. The van der Waals surface area contributed by atoms with E-state index in [0.717, 1.165) is 4.90 Å². The van der Waals surface area contributed by atoms with E-state index >= 15 is 0 Å². The Morgan fingerprint density at radius 1 is 1.08 bits per heavy atom. The summed E-state index contributed by atoms with van der Waals surface area (Å²) < 4.78 is 13.7. The summed E-state index contributed by atoms with van der Waals surface area (Å²) in [4.78, 5) is 38.8. The van der Waals surface area contributed by atoms with Gasteiger partial charge in [0.15, 0.2) is 0 Å². The van der Waals surface area contributed by atoms with Crippen LogP contribution in [0.5, 0.6) is 0 Å². The number of carbonyl (C=O) groups excluding carboxylic acids is 3. The third-order valence-corrected chi connectivity index (χ3v) is 4.05. The lowest BCUT2D eigenvalue weighted by molar-refractivity contribution is 0.0692. The molecule has 1 heterocycles. The summed E-state index contributed by atoms with van der Waals surface area (Å²) in [6, 6.07) is 10.6. The zero-order valence-corrected chi connectivity index (χ0v) is 13.2. The zero-order chi connectivity index (χ0) is 17.4. The molecule has 1 aliphatic rings. The number of fused-ring (bicyclic) bond motifs is 1. The number of rotatable bonds is 3. The van der Waals surface area contributed by atoms with E-state index in [2.05, 4.69) is 0 Å². The highest BCUT2D eigenvalue weighted by Gasteiger charge is 2.33. The Labute approximate surface area is 138 Å². The molecule has 5 nitrogen and oxygen atoms in total. The van der Waals surface area contributed by atoms with Crippen LogP contribution in [0, 0.1) is 5.82 Å². The summed E-state index contributed by atoms with van der Waals surface area (Å²) in [5, 5.41) is 0. The van der Waals surface area contributed by atoms with E-state index in [1.54, 1.807) is 25.2 Å². The Hall–Kier alpha value is -3.02. The molecule has 0 fully saturated rings. The molecule has 0 N–H and O–H groups in total. The lowest BCUT2D eigenvalue weighted by atomic mass is 10.0. The lowest BCUT2D eigenvalue weighted by Crippen LogP contribution is -2.27. The van der Waals surface area contributed by atoms with Crippen molar-refractivity contribution in [2.75, 3.05) is 14.1 Å². The zero-order valence-electron chi connectivity index (χ0n) is 13.2. The standard InChI is InChI=1S/C18H15FN2O3/c1-20(10-12-5-3-4-6-15(12)19)16(22)11-7-8-13-14(9-11)18(24)21(2)17(13)23/h3-9H,10H2,1-2H3. The molecular weight excluding hydrogens is 311 g/mol. The maximum absolute atomic E-state index is 13.7. The van der Waals surface area contributed by atoms with Crippen LogP contribution in [-0.2, 0) is 6.54 Å². The van der Waals surface area contributed by atoms with Crippen LogP contribution in [0.15, 0.2) is 42.5 Å². The van der Waals surface area contributed by atoms with Crippen molar-refractivity contribution in [1.82, 2.24) is 9.80 Å². The smallest absolute Gasteiger partial charge is 0.261 e. The minimum Gasteiger partial charge on any atom is -0.337 e. The van der Waals surface area contributed by atoms with Crippen LogP contribution < -0.4 is 0 Å². The van der Waals surface area contributed by atoms with Gasteiger partial charge in [-0.3, -0.25) is 19.3 Å². The molecule has 24 heavy (non-hydrogen) atoms. The molecule has 0 aromatic heterocycles. The monoisotopic (exact) mass is 326 g/mol. The minimum atomic E-state index is -0.429. The van der Waals surface area contributed by atoms with Gasteiger partial charge in [0.25, 0.3) is 17.7 Å². The topological polar surface area (TPSA) is 57.7 Å². The van der Waals surface area contributed by atoms with Gasteiger partial charge in [-0.15, -0.1) is 0 Å². The molecule has 0 atom stereocenters. The van der Waals surface area contributed by atoms with Gasteiger partial charge in [0.2, 0.25) is 0 Å². The van der Waals surface area contributed by atoms with Crippen molar-refractivity contribution < 1.29 is 18.8 Å². The van der Waals surface area contributed by atoms with E-state index in [4.69, 9.17) is 0 Å². The Morgan fingerprint density at radius 2 is 1.75 bits per heavy atom. The molecule has 0 saturated heterocycles. The maximum Gasteiger partial charge on any atom is 0.261 e. The highest BCUT2D eigenvalue weighted by atomic mass is 19.1. The molecule has 3 amide bonds. The maximum atomic E-state index is 13.7. The van der Waals surface area contributed by atoms with Crippen molar-refractivity contribution in [1.29, 1.82) is 0 Å². The molecule has 3 rings (SSSR count). The van der Waals surface area contributed by atoms with Gasteiger partial charge >= 0.3 is 0 Å². The average molecular weight is 326 g/mol. The summed E-state index contributed by atoms with van der Waals surface area (Å²) in [7, 11) is 2.96. The fourth-order valence-electron chi connectivity index (χ4n) is 2.67. The number of hydrogen-bond acceptors (Lipinski definition) is 3. The van der Waals surface area contributed by atoms with Gasteiger partial charge in [0, 0.05) is 31.8 Å². The van der Waals surface area contributed by atoms with Crippen molar-refractivity contribution in [3.05, 3.63) is 70.5 Å². The van der Waals surface area contributed by atoms with Crippen molar-refractivity contribution in [3.8, 4) is 0 Å². The molecule has 0 spiro atoms. The van der Waals surface area contributed by atoms with Gasteiger partial charge in [0.05, 0.1) is 11.1 Å². The van der Waals surface area contributed by atoms with Crippen LogP contribution in [0.3, 0.4) is 0 Å². The first-order chi connectivity index (χ1) is 11.4. The van der Waals surface area contributed by atoms with Crippen LogP contribution >= 0.6 is 0 Å². The van der Waals surface area contributed by atoms with Crippen molar-refractivity contribution in [2.24, 2.45) is 0 Å². The number of halogens is 1. The number of carbonyl (C=O) groups is 3. The number of imide groups is 1. The molecule has 6 heteroatoms. The largest absolute Gasteiger partial charge is 0.337 e. The van der Waals surface area contributed by atoms with Crippen LogP contribution in [0.4, 0.5) is 4.39 Å². The predicted octanol–water partition coefficient (Wildman–Crippen LogP) is 2.32. The second-order valence-corrected chi connectivity index (χ2v) is 5.68.